The maximum absolute atomic E-state index is 13.4. The molecule has 19 heteroatoms. The van der Waals surface area contributed by atoms with Gasteiger partial charge < -0.3 is 18.9 Å². The number of nitrogens with one attached hydrogen (secondary N) is 1. The number of hydrogen-bond donors (Lipinski definition) is 1. The molecule has 3 aromatic rings. The first-order chi connectivity index (χ1) is 17.9. The molecule has 0 fully saturated rings. The Hall–Kier alpha value is -3.35. The molecule has 0 bridgehead atoms. The maximum Gasteiger partial charge on any atom is 0.411 e. The van der Waals surface area contributed by atoms with Crippen molar-refractivity contribution in [1.82, 2.24) is 34.7 Å². The molecule has 0 aliphatic heterocycles. The summed E-state index contributed by atoms with van der Waals surface area (Å²) >= 11 is 5.81. The monoisotopic (exact) mass is 582 g/mol. The quantitative estimate of drug-likeness (QED) is 0.331. The summed E-state index contributed by atoms with van der Waals surface area (Å²) < 4.78 is 88.5. The van der Waals surface area contributed by atoms with Gasteiger partial charge in [0.25, 0.3) is 0 Å². The summed E-state index contributed by atoms with van der Waals surface area (Å²) in [7, 11) is -0.548. The normalized spacial score (nSPS) is 13.7. The maximum atomic E-state index is 13.4. The van der Waals surface area contributed by atoms with E-state index in [1.807, 2.05) is 0 Å². The molecule has 1 N–H and O–H groups in total. The average Bonchev–Trinajstić information content (AvgIpc) is 3.24. The second-order valence-electron chi connectivity index (χ2n) is 7.39. The van der Waals surface area contributed by atoms with Gasteiger partial charge in [-0.15, -0.1) is 10.2 Å². The molecular weight excluding hydrogens is 561 g/mol. The molecule has 3 aromatic heterocycles. The first-order valence-electron chi connectivity index (χ1n) is 10.5. The van der Waals surface area contributed by atoms with Gasteiger partial charge in [-0.1, -0.05) is 11.6 Å². The van der Waals surface area contributed by atoms with E-state index in [0.717, 1.165) is 10.9 Å². The lowest BCUT2D eigenvalue weighted by atomic mass is 10.2. The molecule has 0 radical (unpaired) electrons. The van der Waals surface area contributed by atoms with Crippen LogP contribution in [-0.4, -0.2) is 82.5 Å². The van der Waals surface area contributed by atoms with Crippen LogP contribution in [0, 0.1) is 0 Å². The average molecular weight is 583 g/mol. The highest BCUT2D eigenvalue weighted by atomic mass is 35.5. The minimum atomic E-state index is -4.62. The van der Waals surface area contributed by atoms with Crippen molar-refractivity contribution in [2.24, 2.45) is 0 Å². The fourth-order valence-corrected chi connectivity index (χ4v) is 4.39. The van der Waals surface area contributed by atoms with Gasteiger partial charge in [-0.2, -0.15) is 23.1 Å². The molecular formula is C19H22ClF3N8O6S. The summed E-state index contributed by atoms with van der Waals surface area (Å²) in [5.41, 5.74) is -0.0946. The number of alkyl halides is 3. The molecule has 0 amide bonds. The van der Waals surface area contributed by atoms with E-state index < -0.39 is 46.7 Å². The molecule has 3 rings (SSSR count). The van der Waals surface area contributed by atoms with Crippen molar-refractivity contribution in [2.75, 3.05) is 32.7 Å². The van der Waals surface area contributed by atoms with Gasteiger partial charge in [-0.05, 0) is 6.92 Å². The summed E-state index contributed by atoms with van der Waals surface area (Å²) in [6, 6.07) is 0. The molecule has 0 unspecified atom stereocenters. The number of aromatic nitrogens is 7. The third-order valence-corrected chi connectivity index (χ3v) is 6.78. The first kappa shape index (κ1) is 29.2. The molecule has 208 valence electrons. The standard InChI is InChI=1S/C19H22ClF3N8O6S/c1-10(14(34-2)15-24-5-11(20)6-25-15)38(32,33)30-18-29-28-12(7-37-8-19(21,22)23)31(18)13-16(35-3)26-9-27-17(13)36-4/h5-6,9-10,14H,7-8H2,1-4H3,(H,29,30)/t10-,14-/m0/s1. The van der Waals surface area contributed by atoms with Crippen molar-refractivity contribution in [1.29, 1.82) is 0 Å². The Bertz CT molecular complexity index is 1320. The number of nitrogens with zero attached hydrogens (tertiary/aromatic N) is 7. The molecule has 0 saturated heterocycles. The van der Waals surface area contributed by atoms with Crippen LogP contribution >= 0.6 is 11.6 Å². The molecule has 38 heavy (non-hydrogen) atoms. The highest BCUT2D eigenvalue weighted by Gasteiger charge is 2.35. The number of halogens is 4. The van der Waals surface area contributed by atoms with E-state index in [1.165, 1.54) is 40.6 Å². The van der Waals surface area contributed by atoms with Crippen molar-refractivity contribution in [3.63, 3.8) is 0 Å². The number of anilines is 1. The molecule has 2 atom stereocenters. The predicted octanol–water partition coefficient (Wildman–Crippen LogP) is 2.11. The van der Waals surface area contributed by atoms with Crippen LogP contribution in [0.2, 0.25) is 5.02 Å². The SMILES string of the molecule is COc1ncnc(OC)c1-n1c(COCC(F)(F)F)nnc1NS(=O)(=O)[C@@H](C)[C@H](OC)c1ncc(Cl)cn1. The van der Waals surface area contributed by atoms with Crippen molar-refractivity contribution < 1.29 is 40.5 Å². The molecule has 3 heterocycles. The zero-order valence-electron chi connectivity index (χ0n) is 20.3. The summed E-state index contributed by atoms with van der Waals surface area (Å²) in [6.45, 7) is -0.978. The molecule has 14 nitrogen and oxygen atoms in total. The summed E-state index contributed by atoms with van der Waals surface area (Å²) in [4.78, 5) is 15.9. The first-order valence-corrected chi connectivity index (χ1v) is 12.4. The highest BCUT2D eigenvalue weighted by molar-refractivity contribution is 7.93. The third-order valence-electron chi connectivity index (χ3n) is 4.89. The minimum Gasteiger partial charge on any atom is -0.479 e. The van der Waals surface area contributed by atoms with Crippen LogP contribution in [0.1, 0.15) is 24.7 Å². The van der Waals surface area contributed by atoms with Gasteiger partial charge in [0.05, 0.1) is 19.2 Å². The number of methoxy groups -OCH3 is 3. The third kappa shape index (κ3) is 6.74. The van der Waals surface area contributed by atoms with Crippen LogP contribution in [0.25, 0.3) is 5.69 Å². The van der Waals surface area contributed by atoms with Crippen LogP contribution in [0.4, 0.5) is 19.1 Å². The Morgan fingerprint density at radius 3 is 2.18 bits per heavy atom. The number of hydrogen-bond acceptors (Lipinski definition) is 12. The lowest BCUT2D eigenvalue weighted by molar-refractivity contribution is -0.177. The molecule has 0 saturated carbocycles. The van der Waals surface area contributed by atoms with Crippen molar-refractivity contribution in [3.05, 3.63) is 35.4 Å². The second kappa shape index (κ2) is 12.0. The van der Waals surface area contributed by atoms with Gasteiger partial charge in [-0.25, -0.2) is 18.4 Å². The zero-order valence-corrected chi connectivity index (χ0v) is 21.9. The Morgan fingerprint density at radius 1 is 1.05 bits per heavy atom. The fourth-order valence-electron chi connectivity index (χ4n) is 3.17. The van der Waals surface area contributed by atoms with Gasteiger partial charge in [0.15, 0.2) is 17.3 Å². The molecule has 0 aliphatic carbocycles. The van der Waals surface area contributed by atoms with Gasteiger partial charge in [0.1, 0.15) is 30.9 Å². The van der Waals surface area contributed by atoms with Gasteiger partial charge >= 0.3 is 6.18 Å². The summed E-state index contributed by atoms with van der Waals surface area (Å²) in [5, 5.41) is 6.53. The lowest BCUT2D eigenvalue weighted by Gasteiger charge is -2.22. The van der Waals surface area contributed by atoms with Crippen LogP contribution in [0.5, 0.6) is 11.8 Å². The lowest BCUT2D eigenvalue weighted by Crippen LogP contribution is -2.33. The Morgan fingerprint density at radius 2 is 1.66 bits per heavy atom. The summed E-state index contributed by atoms with van der Waals surface area (Å²) in [6.07, 6.45) is -2.09. The van der Waals surface area contributed by atoms with E-state index in [4.69, 9.17) is 30.5 Å². The Kier molecular flexibility index (Phi) is 9.23. The van der Waals surface area contributed by atoms with Crippen molar-refractivity contribution >= 4 is 27.6 Å². The molecule has 0 aliphatic rings. The highest BCUT2D eigenvalue weighted by Crippen LogP contribution is 2.33. The number of rotatable bonds is 12. The van der Waals surface area contributed by atoms with Gasteiger partial charge in [-0.3, -0.25) is 9.29 Å². The fraction of sp³-hybridized carbons (Fsp3) is 0.474. The van der Waals surface area contributed by atoms with Crippen molar-refractivity contribution in [3.8, 4) is 17.4 Å². The molecule has 0 aromatic carbocycles. The second-order valence-corrected chi connectivity index (χ2v) is 9.87. The van der Waals surface area contributed by atoms with Crippen LogP contribution in [0.15, 0.2) is 18.7 Å². The van der Waals surface area contributed by atoms with Crippen molar-refractivity contribution in [2.45, 2.75) is 31.1 Å². The van der Waals surface area contributed by atoms with E-state index in [-0.39, 0.29) is 34.1 Å². The van der Waals surface area contributed by atoms with Crippen LogP contribution in [-0.2, 0) is 26.1 Å². The summed E-state index contributed by atoms with van der Waals surface area (Å²) in [5.74, 6) is -0.883. The molecule has 0 spiro atoms. The zero-order chi connectivity index (χ0) is 28.1. The number of ether oxygens (including phenoxy) is 4. The minimum absolute atomic E-state index is 0.0391. The van der Waals surface area contributed by atoms with E-state index in [0.29, 0.717) is 0 Å². The Balaban J connectivity index is 2.05. The van der Waals surface area contributed by atoms with Gasteiger partial charge in [0.2, 0.25) is 27.7 Å². The van der Waals surface area contributed by atoms with E-state index in [1.54, 1.807) is 0 Å². The van der Waals surface area contributed by atoms with E-state index in [9.17, 15) is 21.6 Å². The largest absolute Gasteiger partial charge is 0.479 e. The smallest absolute Gasteiger partial charge is 0.411 e. The van der Waals surface area contributed by atoms with Crippen LogP contribution in [0.3, 0.4) is 0 Å². The van der Waals surface area contributed by atoms with E-state index >= 15 is 0 Å². The van der Waals surface area contributed by atoms with E-state index in [2.05, 4.69) is 34.9 Å². The predicted molar refractivity (Wildman–Crippen MR) is 125 cm³/mol. The topological polar surface area (TPSA) is 165 Å². The number of sulfonamides is 1. The van der Waals surface area contributed by atoms with Gasteiger partial charge in [0, 0.05) is 19.5 Å². The van der Waals surface area contributed by atoms with Crippen LogP contribution < -0.4 is 14.2 Å². The Labute approximate surface area is 219 Å².